The number of hydrogen-bond donors (Lipinski definition) is 1. The van der Waals surface area contributed by atoms with Gasteiger partial charge in [0.25, 0.3) is 0 Å². The van der Waals surface area contributed by atoms with E-state index in [2.05, 4.69) is 10.4 Å². The summed E-state index contributed by atoms with van der Waals surface area (Å²) in [6.45, 7) is 0.350. The molecule has 2 aromatic heterocycles. The molecule has 0 saturated heterocycles. The molecule has 20 heavy (non-hydrogen) atoms. The highest BCUT2D eigenvalue weighted by atomic mass is 35.5. The molecule has 0 saturated carbocycles. The van der Waals surface area contributed by atoms with Gasteiger partial charge in [-0.2, -0.15) is 22.7 Å². The Morgan fingerprint density at radius 2 is 2.00 bits per heavy atom. The monoisotopic (exact) mass is 329 g/mol. The van der Waals surface area contributed by atoms with E-state index in [9.17, 15) is 17.6 Å². The molecule has 0 bridgehead atoms. The zero-order valence-electron chi connectivity index (χ0n) is 10.4. The van der Waals surface area contributed by atoms with Crippen LogP contribution in [0.25, 0.3) is 0 Å². The number of hydrogen-bond acceptors (Lipinski definition) is 3. The van der Waals surface area contributed by atoms with E-state index in [0.717, 1.165) is 20.9 Å². The molecule has 0 aliphatic rings. The molecule has 2 rings (SSSR count). The maximum atomic E-state index is 12.8. The van der Waals surface area contributed by atoms with Crippen molar-refractivity contribution in [2.45, 2.75) is 19.3 Å². The SMILES string of the molecule is Cl.Cn1ncc(CNCc2ccc(F)s2)c1C(F)(F)F. The lowest BCUT2D eigenvalue weighted by Gasteiger charge is -2.10. The van der Waals surface area contributed by atoms with Crippen LogP contribution in [0.5, 0.6) is 0 Å². The molecule has 2 heterocycles. The van der Waals surface area contributed by atoms with E-state index < -0.39 is 11.9 Å². The first kappa shape index (κ1) is 16.9. The van der Waals surface area contributed by atoms with Gasteiger partial charge in [0.05, 0.1) is 6.20 Å². The van der Waals surface area contributed by atoms with Crippen LogP contribution in [-0.2, 0) is 26.3 Å². The van der Waals surface area contributed by atoms with Crippen molar-refractivity contribution in [3.63, 3.8) is 0 Å². The summed E-state index contributed by atoms with van der Waals surface area (Å²) in [5.74, 6) is 0. The highest BCUT2D eigenvalue weighted by Gasteiger charge is 2.36. The standard InChI is InChI=1S/C11H11F4N3S.ClH/c1-18-10(11(13,14)15)7(5-17-18)4-16-6-8-2-3-9(12)19-8;/h2-3,5,16H,4,6H2,1H3;1H. The number of rotatable bonds is 4. The van der Waals surface area contributed by atoms with Gasteiger partial charge in [-0.15, -0.1) is 23.7 Å². The lowest BCUT2D eigenvalue weighted by atomic mass is 10.2. The molecule has 2 aromatic rings. The number of nitrogens with zero attached hydrogens (tertiary/aromatic N) is 2. The number of nitrogens with one attached hydrogen (secondary N) is 1. The first-order chi connectivity index (χ1) is 8.88. The summed E-state index contributed by atoms with van der Waals surface area (Å²) in [7, 11) is 1.25. The Morgan fingerprint density at radius 1 is 1.30 bits per heavy atom. The zero-order chi connectivity index (χ0) is 14.0. The van der Waals surface area contributed by atoms with Gasteiger partial charge in [0, 0.05) is 30.6 Å². The third-order valence-electron chi connectivity index (χ3n) is 2.53. The lowest BCUT2D eigenvalue weighted by Crippen LogP contribution is -2.18. The third-order valence-corrected chi connectivity index (χ3v) is 3.40. The highest BCUT2D eigenvalue weighted by Crippen LogP contribution is 2.31. The fraction of sp³-hybridized carbons (Fsp3) is 0.364. The molecular weight excluding hydrogens is 318 g/mol. The van der Waals surface area contributed by atoms with Gasteiger partial charge in [0.15, 0.2) is 5.13 Å². The Labute approximate surface area is 123 Å². The van der Waals surface area contributed by atoms with Gasteiger partial charge >= 0.3 is 6.18 Å². The number of alkyl halides is 3. The minimum Gasteiger partial charge on any atom is -0.308 e. The molecule has 3 nitrogen and oxygen atoms in total. The predicted octanol–water partition coefficient (Wildman–Crippen LogP) is 3.35. The highest BCUT2D eigenvalue weighted by molar-refractivity contribution is 7.10. The number of aryl methyl sites for hydroxylation is 1. The smallest absolute Gasteiger partial charge is 0.308 e. The van der Waals surface area contributed by atoms with Gasteiger partial charge in [-0.05, 0) is 12.1 Å². The van der Waals surface area contributed by atoms with E-state index in [4.69, 9.17) is 0 Å². The third kappa shape index (κ3) is 3.94. The van der Waals surface area contributed by atoms with Crippen LogP contribution in [0, 0.1) is 5.13 Å². The topological polar surface area (TPSA) is 29.9 Å². The van der Waals surface area contributed by atoms with Gasteiger partial charge in [0.1, 0.15) is 5.69 Å². The van der Waals surface area contributed by atoms with Crippen molar-refractivity contribution in [3.05, 3.63) is 39.6 Å². The van der Waals surface area contributed by atoms with E-state index in [0.29, 0.717) is 6.54 Å². The summed E-state index contributed by atoms with van der Waals surface area (Å²) >= 11 is 0.966. The van der Waals surface area contributed by atoms with Gasteiger partial charge in [0.2, 0.25) is 0 Å². The van der Waals surface area contributed by atoms with Crippen LogP contribution in [0.15, 0.2) is 18.3 Å². The maximum Gasteiger partial charge on any atom is 0.433 e. The van der Waals surface area contributed by atoms with Crippen molar-refractivity contribution in [2.75, 3.05) is 0 Å². The van der Waals surface area contributed by atoms with E-state index in [1.165, 1.54) is 19.3 Å². The van der Waals surface area contributed by atoms with Crippen molar-refractivity contribution in [3.8, 4) is 0 Å². The second-order valence-electron chi connectivity index (χ2n) is 3.95. The van der Waals surface area contributed by atoms with E-state index >= 15 is 0 Å². The molecule has 1 N–H and O–H groups in total. The molecule has 0 unspecified atom stereocenters. The summed E-state index contributed by atoms with van der Waals surface area (Å²) in [5, 5.41) is 6.15. The van der Waals surface area contributed by atoms with Crippen LogP contribution in [0.1, 0.15) is 16.1 Å². The molecule has 0 fully saturated rings. The van der Waals surface area contributed by atoms with Crippen molar-refractivity contribution in [2.24, 2.45) is 7.05 Å². The Hall–Kier alpha value is -1.12. The second-order valence-corrected chi connectivity index (χ2v) is 5.07. The van der Waals surface area contributed by atoms with Crippen LogP contribution >= 0.6 is 23.7 Å². The molecule has 0 aliphatic carbocycles. The average molecular weight is 330 g/mol. The molecule has 9 heteroatoms. The van der Waals surface area contributed by atoms with Gasteiger partial charge in [-0.25, -0.2) is 0 Å². The summed E-state index contributed by atoms with van der Waals surface area (Å²) < 4.78 is 51.8. The fourth-order valence-electron chi connectivity index (χ4n) is 1.75. The van der Waals surface area contributed by atoms with E-state index in [-0.39, 0.29) is 29.6 Å². The van der Waals surface area contributed by atoms with Gasteiger partial charge in [-0.3, -0.25) is 4.68 Å². The molecule has 0 aromatic carbocycles. The van der Waals surface area contributed by atoms with Crippen molar-refractivity contribution < 1.29 is 17.6 Å². The number of aromatic nitrogens is 2. The molecule has 112 valence electrons. The van der Waals surface area contributed by atoms with Crippen molar-refractivity contribution in [1.82, 2.24) is 15.1 Å². The van der Waals surface area contributed by atoms with Gasteiger partial charge < -0.3 is 5.32 Å². The first-order valence-electron chi connectivity index (χ1n) is 5.41. The van der Waals surface area contributed by atoms with Crippen LogP contribution in [0.3, 0.4) is 0 Å². The van der Waals surface area contributed by atoms with Crippen molar-refractivity contribution in [1.29, 1.82) is 0 Å². The summed E-state index contributed by atoms with van der Waals surface area (Å²) in [5.41, 5.74) is -0.690. The normalized spacial score (nSPS) is 11.4. The second kappa shape index (κ2) is 6.55. The Bertz CT molecular complexity index is 564. The van der Waals surface area contributed by atoms with Crippen molar-refractivity contribution >= 4 is 23.7 Å². The summed E-state index contributed by atoms with van der Waals surface area (Å²) in [6.07, 6.45) is -3.25. The number of halogens is 5. The first-order valence-corrected chi connectivity index (χ1v) is 6.22. The minimum atomic E-state index is -4.43. The van der Waals surface area contributed by atoms with Crippen LogP contribution < -0.4 is 5.32 Å². The quantitative estimate of drug-likeness (QED) is 0.872. The largest absolute Gasteiger partial charge is 0.433 e. The lowest BCUT2D eigenvalue weighted by molar-refractivity contribution is -0.144. The average Bonchev–Trinajstić information content (AvgIpc) is 2.85. The molecule has 0 radical (unpaired) electrons. The molecular formula is C11H12ClF4N3S. The summed E-state index contributed by atoms with van der Waals surface area (Å²) in [6, 6.07) is 2.92. The predicted molar refractivity (Wildman–Crippen MR) is 70.3 cm³/mol. The molecule has 0 aliphatic heterocycles. The Balaban J connectivity index is 0.00000200. The van der Waals surface area contributed by atoms with E-state index in [1.807, 2.05) is 0 Å². The molecule has 0 spiro atoms. The Kier molecular flexibility index (Phi) is 5.55. The van der Waals surface area contributed by atoms with Crippen LogP contribution in [0.4, 0.5) is 17.6 Å². The Morgan fingerprint density at radius 3 is 2.55 bits per heavy atom. The molecule has 0 amide bonds. The minimum absolute atomic E-state index is 0. The number of thiophene rings is 1. The van der Waals surface area contributed by atoms with Crippen LogP contribution in [-0.4, -0.2) is 9.78 Å². The maximum absolute atomic E-state index is 12.8. The van der Waals surface area contributed by atoms with Crippen LogP contribution in [0.2, 0.25) is 0 Å². The molecule has 0 atom stereocenters. The summed E-state index contributed by atoms with van der Waals surface area (Å²) in [4.78, 5) is 0.731. The fourth-order valence-corrected chi connectivity index (χ4v) is 2.44. The zero-order valence-corrected chi connectivity index (χ0v) is 12.0. The van der Waals surface area contributed by atoms with E-state index in [1.54, 1.807) is 6.07 Å². The van der Waals surface area contributed by atoms with Gasteiger partial charge in [-0.1, -0.05) is 0 Å².